The molecule has 2 N–H and O–H groups in total. The molecule has 0 amide bonds. The maximum absolute atomic E-state index is 5.98. The minimum Gasteiger partial charge on any atom is -0.324 e. The average Bonchev–Trinajstić information content (AvgIpc) is 2.29. The molecule has 0 fully saturated rings. The van der Waals surface area contributed by atoms with Crippen LogP contribution < -0.4 is 5.73 Å². The lowest BCUT2D eigenvalue weighted by atomic mass is 9.97. The van der Waals surface area contributed by atoms with E-state index in [9.17, 15) is 0 Å². The fourth-order valence-electron chi connectivity index (χ4n) is 1.74. The standard InChI is InChI=1S/C13H14NP/c1-15-13-8-11(7-12(14)9-13)10-5-3-2-4-6-10/h2-8,12H,1,9,14H2. The molecular formula is C13H14NP. The Hall–Kier alpha value is -1.17. The lowest BCUT2D eigenvalue weighted by Gasteiger charge is -2.16. The lowest BCUT2D eigenvalue weighted by molar-refractivity contribution is 0.820. The van der Waals surface area contributed by atoms with Crippen molar-refractivity contribution >= 4 is 20.1 Å². The van der Waals surface area contributed by atoms with Gasteiger partial charge in [0, 0.05) is 6.04 Å². The molecule has 1 aliphatic rings. The van der Waals surface area contributed by atoms with E-state index in [1.807, 2.05) is 18.2 Å². The van der Waals surface area contributed by atoms with Crippen LogP contribution in [0.4, 0.5) is 0 Å². The van der Waals surface area contributed by atoms with Gasteiger partial charge in [0.15, 0.2) is 0 Å². The fourth-order valence-corrected chi connectivity index (χ4v) is 2.31. The van der Waals surface area contributed by atoms with Crippen molar-refractivity contribution in [3.05, 3.63) is 53.4 Å². The number of rotatable bonds is 2. The van der Waals surface area contributed by atoms with Crippen molar-refractivity contribution < 1.29 is 0 Å². The highest BCUT2D eigenvalue weighted by Gasteiger charge is 2.10. The van der Waals surface area contributed by atoms with Crippen LogP contribution in [0.15, 0.2) is 47.8 Å². The van der Waals surface area contributed by atoms with E-state index in [4.69, 9.17) is 5.73 Å². The smallest absolute Gasteiger partial charge is 0.0277 e. The third-order valence-corrected chi connectivity index (χ3v) is 3.19. The Balaban J connectivity index is 2.37. The number of benzene rings is 1. The van der Waals surface area contributed by atoms with E-state index in [0.717, 1.165) is 14.6 Å². The Bertz CT molecular complexity index is 417. The van der Waals surface area contributed by atoms with Crippen molar-refractivity contribution in [2.45, 2.75) is 12.5 Å². The summed E-state index contributed by atoms with van der Waals surface area (Å²) in [5, 5.41) is 1.31. The minimum absolute atomic E-state index is 0.134. The second-order valence-electron chi connectivity index (χ2n) is 3.65. The van der Waals surface area contributed by atoms with Gasteiger partial charge in [-0.25, -0.2) is 0 Å². The Kier molecular flexibility index (Phi) is 3.15. The zero-order valence-electron chi connectivity index (χ0n) is 8.56. The van der Waals surface area contributed by atoms with E-state index < -0.39 is 0 Å². The van der Waals surface area contributed by atoms with E-state index in [2.05, 4.69) is 30.6 Å². The molecular weight excluding hydrogens is 201 g/mol. The van der Waals surface area contributed by atoms with Gasteiger partial charge in [-0.3, -0.25) is 0 Å². The second kappa shape index (κ2) is 4.57. The Morgan fingerprint density at radius 3 is 2.67 bits per heavy atom. The molecule has 0 aliphatic heterocycles. The predicted octanol–water partition coefficient (Wildman–Crippen LogP) is 3.06. The first-order valence-corrected chi connectivity index (χ1v) is 6.07. The zero-order valence-corrected chi connectivity index (χ0v) is 9.45. The van der Waals surface area contributed by atoms with E-state index >= 15 is 0 Å². The molecule has 0 saturated heterocycles. The van der Waals surface area contributed by atoms with Crippen LogP contribution in [0.5, 0.6) is 0 Å². The number of nitrogens with two attached hydrogens (primary N) is 1. The SMILES string of the molecule is C=PC1=CC(c2ccccc2)=CC(N)C1. The molecule has 1 nitrogen and oxygen atoms in total. The first kappa shape index (κ1) is 10.4. The van der Waals surface area contributed by atoms with E-state index in [1.54, 1.807) is 0 Å². The van der Waals surface area contributed by atoms with Crippen LogP contribution in [0.25, 0.3) is 5.57 Å². The molecule has 0 aromatic heterocycles. The quantitative estimate of drug-likeness (QED) is 0.754. The molecule has 2 heteroatoms. The monoisotopic (exact) mass is 215 g/mol. The average molecular weight is 215 g/mol. The molecule has 1 atom stereocenters. The number of allylic oxidation sites excluding steroid dienone is 2. The highest BCUT2D eigenvalue weighted by atomic mass is 31.1. The van der Waals surface area contributed by atoms with Crippen LogP contribution in [-0.4, -0.2) is 12.3 Å². The van der Waals surface area contributed by atoms with Gasteiger partial charge in [0.25, 0.3) is 0 Å². The molecule has 15 heavy (non-hydrogen) atoms. The normalized spacial score (nSPS) is 21.0. The molecule has 0 bridgehead atoms. The van der Waals surface area contributed by atoms with Crippen molar-refractivity contribution in [2.24, 2.45) is 5.73 Å². The van der Waals surface area contributed by atoms with Crippen LogP contribution in [0.2, 0.25) is 0 Å². The first-order chi connectivity index (χ1) is 7.29. The van der Waals surface area contributed by atoms with E-state index in [1.165, 1.54) is 16.5 Å². The summed E-state index contributed by atoms with van der Waals surface area (Å²) in [4.78, 5) is 0. The van der Waals surface area contributed by atoms with Crippen molar-refractivity contribution in [1.82, 2.24) is 0 Å². The van der Waals surface area contributed by atoms with Crippen LogP contribution >= 0.6 is 8.20 Å². The summed E-state index contributed by atoms with van der Waals surface area (Å²) in [6.07, 6.45) is 9.16. The summed E-state index contributed by atoms with van der Waals surface area (Å²) in [6, 6.07) is 10.5. The second-order valence-corrected chi connectivity index (χ2v) is 4.54. The van der Waals surface area contributed by atoms with Crippen LogP contribution in [0, 0.1) is 0 Å². The van der Waals surface area contributed by atoms with Gasteiger partial charge in [0.1, 0.15) is 0 Å². The maximum atomic E-state index is 5.98. The van der Waals surface area contributed by atoms with E-state index in [-0.39, 0.29) is 6.04 Å². The maximum Gasteiger partial charge on any atom is 0.0277 e. The summed E-state index contributed by atoms with van der Waals surface area (Å²) >= 11 is 0. The molecule has 0 heterocycles. The summed E-state index contributed by atoms with van der Waals surface area (Å²) < 4.78 is 0. The predicted molar refractivity (Wildman–Crippen MR) is 69.1 cm³/mol. The molecule has 0 spiro atoms. The summed E-state index contributed by atoms with van der Waals surface area (Å²) in [5.74, 6) is 0. The number of hydrogen-bond acceptors (Lipinski definition) is 1. The Morgan fingerprint density at radius 1 is 1.27 bits per heavy atom. The third-order valence-electron chi connectivity index (χ3n) is 2.47. The van der Waals surface area contributed by atoms with Crippen LogP contribution in [0.3, 0.4) is 0 Å². The summed E-state index contributed by atoms with van der Waals surface area (Å²) in [5.41, 5.74) is 8.43. The van der Waals surface area contributed by atoms with Gasteiger partial charge < -0.3 is 5.73 Å². The molecule has 1 aliphatic carbocycles. The lowest BCUT2D eigenvalue weighted by Crippen LogP contribution is -2.19. The highest BCUT2D eigenvalue weighted by Crippen LogP contribution is 2.29. The van der Waals surface area contributed by atoms with Crippen molar-refractivity contribution in [3.8, 4) is 0 Å². The molecule has 0 radical (unpaired) electrons. The van der Waals surface area contributed by atoms with Gasteiger partial charge in [0.05, 0.1) is 0 Å². The van der Waals surface area contributed by atoms with E-state index in [0.29, 0.717) is 0 Å². The third kappa shape index (κ3) is 2.44. The minimum atomic E-state index is 0.134. The topological polar surface area (TPSA) is 26.0 Å². The van der Waals surface area contributed by atoms with Gasteiger partial charge in [-0.05, 0) is 28.9 Å². The van der Waals surface area contributed by atoms with Crippen molar-refractivity contribution in [3.63, 3.8) is 0 Å². The van der Waals surface area contributed by atoms with Gasteiger partial charge in [-0.15, -0.1) is 0 Å². The molecule has 2 rings (SSSR count). The van der Waals surface area contributed by atoms with Gasteiger partial charge in [-0.1, -0.05) is 50.9 Å². The van der Waals surface area contributed by atoms with Crippen molar-refractivity contribution in [2.75, 3.05) is 0 Å². The van der Waals surface area contributed by atoms with Crippen molar-refractivity contribution in [1.29, 1.82) is 0 Å². The van der Waals surface area contributed by atoms with Gasteiger partial charge in [0.2, 0.25) is 0 Å². The van der Waals surface area contributed by atoms with Crippen LogP contribution in [-0.2, 0) is 0 Å². The van der Waals surface area contributed by atoms with Crippen LogP contribution in [0.1, 0.15) is 12.0 Å². The molecule has 76 valence electrons. The molecule has 1 unspecified atom stereocenters. The summed E-state index contributed by atoms with van der Waals surface area (Å²) in [7, 11) is 1.08. The molecule has 0 saturated carbocycles. The molecule has 1 aromatic rings. The van der Waals surface area contributed by atoms with Gasteiger partial charge in [-0.2, -0.15) is 0 Å². The Labute approximate surface area is 92.1 Å². The zero-order chi connectivity index (χ0) is 10.7. The Morgan fingerprint density at radius 2 is 2.00 bits per heavy atom. The van der Waals surface area contributed by atoms with Gasteiger partial charge >= 0.3 is 0 Å². The largest absolute Gasteiger partial charge is 0.324 e. The fraction of sp³-hybridized carbons (Fsp3) is 0.154. The first-order valence-electron chi connectivity index (χ1n) is 5.00. The summed E-state index contributed by atoms with van der Waals surface area (Å²) in [6.45, 7) is 0. The number of hydrogen-bond donors (Lipinski definition) is 1. The molecule has 1 aromatic carbocycles. The highest BCUT2D eigenvalue weighted by molar-refractivity contribution is 7.41.